The largest absolute Gasteiger partial charge is 0.586 e. The molecule has 1 N–H and O–H groups in total. The molecule has 1 aliphatic carbocycles. The zero-order valence-corrected chi connectivity index (χ0v) is 18.0. The van der Waals surface area contributed by atoms with E-state index in [0.717, 1.165) is 18.4 Å². The number of nitrogens with one attached hydrogen (secondary N) is 1. The Morgan fingerprint density at radius 3 is 2.76 bits per heavy atom. The van der Waals surface area contributed by atoms with Crippen LogP contribution < -0.4 is 25.2 Å². The molecule has 3 heterocycles. The van der Waals surface area contributed by atoms with Crippen LogP contribution >= 0.6 is 0 Å². The Labute approximate surface area is 191 Å². The first kappa shape index (κ1) is 20.5. The van der Waals surface area contributed by atoms with E-state index in [9.17, 15) is 13.6 Å². The molecule has 1 fully saturated rings. The number of hydrogen-bond acceptors (Lipinski definition) is 7. The number of ether oxygens (including phenoxy) is 3. The summed E-state index contributed by atoms with van der Waals surface area (Å²) in [5.41, 5.74) is 1.51. The van der Waals surface area contributed by atoms with Crippen LogP contribution in [0.5, 0.6) is 17.2 Å². The summed E-state index contributed by atoms with van der Waals surface area (Å²) in [5, 5.41) is 3.23. The topological polar surface area (TPSA) is 92.4 Å². The molecule has 2 aliphatic rings. The molecule has 4 aromatic rings. The first-order chi connectivity index (χ1) is 16.4. The Hall–Kier alpha value is -4.15. The van der Waals surface area contributed by atoms with E-state index in [4.69, 9.17) is 4.74 Å². The molecule has 0 amide bonds. The minimum absolute atomic E-state index is 0.106. The molecular weight excluding hydrogens is 448 g/mol. The number of para-hydroxylation sites is 1. The number of benzene rings is 2. The summed E-state index contributed by atoms with van der Waals surface area (Å²) < 4.78 is 44.5. The van der Waals surface area contributed by atoms with Gasteiger partial charge in [-0.3, -0.25) is 4.57 Å². The van der Waals surface area contributed by atoms with Crippen molar-refractivity contribution in [3.63, 3.8) is 0 Å². The fraction of sp³-hybridized carbons (Fsp3) is 0.261. The first-order valence-electron chi connectivity index (χ1n) is 10.7. The second kappa shape index (κ2) is 7.44. The van der Waals surface area contributed by atoms with Crippen LogP contribution in [0.25, 0.3) is 16.9 Å². The van der Waals surface area contributed by atoms with Crippen LogP contribution in [-0.2, 0) is 6.54 Å². The lowest BCUT2D eigenvalue weighted by Crippen LogP contribution is -2.26. The number of rotatable bonds is 6. The van der Waals surface area contributed by atoms with Crippen LogP contribution in [0.1, 0.15) is 18.4 Å². The van der Waals surface area contributed by atoms with Gasteiger partial charge in [-0.05, 0) is 31.0 Å². The SMILES string of the molecule is COc1ccccc1Cn1c(=O)n(-c2ccc3c(c2)OC(F)(F)O3)c2nc(NC3CC3)ncc21. The zero-order chi connectivity index (χ0) is 23.4. The van der Waals surface area contributed by atoms with E-state index in [1.807, 2.05) is 24.3 Å². The van der Waals surface area contributed by atoms with Gasteiger partial charge in [-0.25, -0.2) is 14.3 Å². The number of imidazole rings is 1. The summed E-state index contributed by atoms with van der Waals surface area (Å²) >= 11 is 0. The average molecular weight is 467 g/mol. The predicted molar refractivity (Wildman–Crippen MR) is 118 cm³/mol. The molecule has 34 heavy (non-hydrogen) atoms. The molecule has 0 radical (unpaired) electrons. The number of halogens is 2. The van der Waals surface area contributed by atoms with Crippen LogP contribution in [0, 0.1) is 0 Å². The van der Waals surface area contributed by atoms with Crippen molar-refractivity contribution < 1.29 is 23.0 Å². The summed E-state index contributed by atoms with van der Waals surface area (Å²) in [4.78, 5) is 22.6. The van der Waals surface area contributed by atoms with Gasteiger partial charge in [-0.15, -0.1) is 8.78 Å². The van der Waals surface area contributed by atoms with E-state index >= 15 is 0 Å². The van der Waals surface area contributed by atoms with E-state index in [-0.39, 0.29) is 18.0 Å². The van der Waals surface area contributed by atoms with Gasteiger partial charge in [0.15, 0.2) is 17.1 Å². The monoisotopic (exact) mass is 467 g/mol. The number of aromatic nitrogens is 4. The number of methoxy groups -OCH3 is 1. The normalized spacial score (nSPS) is 16.1. The fourth-order valence-corrected chi connectivity index (χ4v) is 3.98. The molecular formula is C23H19F2N5O4. The molecule has 0 atom stereocenters. The van der Waals surface area contributed by atoms with E-state index in [2.05, 4.69) is 24.8 Å². The molecule has 1 aliphatic heterocycles. The molecule has 0 unspecified atom stereocenters. The Morgan fingerprint density at radius 1 is 1.18 bits per heavy atom. The van der Waals surface area contributed by atoms with Crippen molar-refractivity contribution in [1.29, 1.82) is 0 Å². The first-order valence-corrected chi connectivity index (χ1v) is 10.7. The van der Waals surface area contributed by atoms with Gasteiger partial charge in [-0.2, -0.15) is 4.98 Å². The van der Waals surface area contributed by atoms with Gasteiger partial charge >= 0.3 is 12.0 Å². The Bertz CT molecular complexity index is 1480. The molecule has 1 saturated carbocycles. The number of nitrogens with zero attached hydrogens (tertiary/aromatic N) is 4. The zero-order valence-electron chi connectivity index (χ0n) is 18.0. The van der Waals surface area contributed by atoms with Gasteiger partial charge in [-0.1, -0.05) is 18.2 Å². The van der Waals surface area contributed by atoms with Crippen LogP contribution in [0.3, 0.4) is 0 Å². The van der Waals surface area contributed by atoms with Crippen LogP contribution in [0.15, 0.2) is 53.5 Å². The summed E-state index contributed by atoms with van der Waals surface area (Å²) in [6, 6.07) is 11.9. The summed E-state index contributed by atoms with van der Waals surface area (Å²) in [6.07, 6.45) is -0.117. The summed E-state index contributed by atoms with van der Waals surface area (Å²) in [6.45, 7) is 0.202. The smallest absolute Gasteiger partial charge is 0.496 e. The average Bonchev–Trinajstić information content (AvgIpc) is 3.51. The Kier molecular flexibility index (Phi) is 4.48. The predicted octanol–water partition coefficient (Wildman–Crippen LogP) is 3.53. The van der Waals surface area contributed by atoms with Gasteiger partial charge in [0.2, 0.25) is 5.95 Å². The highest BCUT2D eigenvalue weighted by Crippen LogP contribution is 2.42. The van der Waals surface area contributed by atoms with E-state index in [1.54, 1.807) is 13.3 Å². The van der Waals surface area contributed by atoms with Crippen molar-refractivity contribution in [2.75, 3.05) is 12.4 Å². The van der Waals surface area contributed by atoms with Gasteiger partial charge in [0.05, 0.1) is 25.5 Å². The minimum atomic E-state index is -3.76. The standard InChI is InChI=1S/C23H19F2N5O4/c1-32-17-5-3-2-4-13(17)12-29-16-11-26-21(27-14-6-7-14)28-20(16)30(22(29)31)15-8-9-18-19(10-15)34-23(24,25)33-18/h2-5,8-11,14H,6-7,12H2,1H3,(H,26,27,28). The third kappa shape index (κ3) is 3.49. The highest BCUT2D eigenvalue weighted by Gasteiger charge is 2.43. The lowest BCUT2D eigenvalue weighted by atomic mass is 10.2. The van der Waals surface area contributed by atoms with Crippen molar-refractivity contribution in [3.05, 3.63) is 64.7 Å². The maximum absolute atomic E-state index is 13.6. The van der Waals surface area contributed by atoms with Crippen LogP contribution in [0.4, 0.5) is 14.7 Å². The Balaban J connectivity index is 1.52. The van der Waals surface area contributed by atoms with Crippen LogP contribution in [-0.4, -0.2) is 38.5 Å². The highest BCUT2D eigenvalue weighted by molar-refractivity contribution is 5.75. The highest BCUT2D eigenvalue weighted by atomic mass is 19.3. The third-order valence-corrected chi connectivity index (χ3v) is 5.75. The van der Waals surface area contributed by atoms with Crippen molar-refractivity contribution in [3.8, 4) is 22.9 Å². The number of fused-ring (bicyclic) bond motifs is 2. The molecule has 0 spiro atoms. The summed E-state index contributed by atoms with van der Waals surface area (Å²) in [5.74, 6) is 0.759. The maximum Gasteiger partial charge on any atom is 0.586 e. The maximum atomic E-state index is 13.6. The van der Waals surface area contributed by atoms with Gasteiger partial charge in [0.1, 0.15) is 11.3 Å². The van der Waals surface area contributed by atoms with Crippen molar-refractivity contribution >= 4 is 17.1 Å². The second-order valence-corrected chi connectivity index (χ2v) is 8.14. The molecule has 0 saturated heterocycles. The van der Waals surface area contributed by atoms with Crippen molar-refractivity contribution in [2.24, 2.45) is 0 Å². The van der Waals surface area contributed by atoms with Gasteiger partial charge < -0.3 is 19.5 Å². The lowest BCUT2D eigenvalue weighted by Gasteiger charge is -2.09. The summed E-state index contributed by atoms with van der Waals surface area (Å²) in [7, 11) is 1.56. The molecule has 2 aromatic carbocycles. The molecule has 174 valence electrons. The number of hydrogen-bond donors (Lipinski definition) is 1. The van der Waals surface area contributed by atoms with Gasteiger partial charge in [0, 0.05) is 17.7 Å². The van der Waals surface area contributed by atoms with E-state index in [0.29, 0.717) is 34.6 Å². The Morgan fingerprint density at radius 2 is 1.97 bits per heavy atom. The molecule has 9 nitrogen and oxygen atoms in total. The van der Waals surface area contributed by atoms with Crippen molar-refractivity contribution in [1.82, 2.24) is 19.1 Å². The quantitative estimate of drug-likeness (QED) is 0.464. The second-order valence-electron chi connectivity index (χ2n) is 8.14. The number of anilines is 1. The molecule has 0 bridgehead atoms. The molecule has 11 heteroatoms. The minimum Gasteiger partial charge on any atom is -0.496 e. The lowest BCUT2D eigenvalue weighted by molar-refractivity contribution is -0.286. The van der Waals surface area contributed by atoms with Crippen molar-refractivity contribution in [2.45, 2.75) is 31.7 Å². The van der Waals surface area contributed by atoms with E-state index in [1.165, 1.54) is 27.3 Å². The number of alkyl halides is 2. The fourth-order valence-electron chi connectivity index (χ4n) is 3.98. The third-order valence-electron chi connectivity index (χ3n) is 5.75. The van der Waals surface area contributed by atoms with Gasteiger partial charge in [0.25, 0.3) is 0 Å². The van der Waals surface area contributed by atoms with Crippen LogP contribution in [0.2, 0.25) is 0 Å². The molecule has 2 aromatic heterocycles. The molecule has 6 rings (SSSR count). The van der Waals surface area contributed by atoms with E-state index < -0.39 is 12.0 Å².